The van der Waals surface area contributed by atoms with Crippen LogP contribution in [0.2, 0.25) is 0 Å². The quantitative estimate of drug-likeness (QED) is 0.873. The number of anilines is 1. The molecule has 6 nitrogen and oxygen atoms in total. The van der Waals surface area contributed by atoms with E-state index >= 15 is 0 Å². The second kappa shape index (κ2) is 8.73. The van der Waals surface area contributed by atoms with E-state index in [9.17, 15) is 0 Å². The van der Waals surface area contributed by atoms with Crippen molar-refractivity contribution in [3.63, 3.8) is 0 Å². The first-order valence-corrected chi connectivity index (χ1v) is 7.38. The fraction of sp³-hybridized carbons (Fsp3) is 0.467. The Kier molecular flexibility index (Phi) is 6.64. The molecule has 0 unspecified atom stereocenters. The van der Waals surface area contributed by atoms with Crippen molar-refractivity contribution in [2.45, 2.75) is 6.54 Å². The van der Waals surface area contributed by atoms with Crippen LogP contribution in [-0.2, 0) is 11.3 Å². The van der Waals surface area contributed by atoms with Gasteiger partial charge in [0.1, 0.15) is 0 Å². The van der Waals surface area contributed by atoms with Crippen molar-refractivity contribution in [3.05, 3.63) is 42.1 Å². The van der Waals surface area contributed by atoms with E-state index in [1.54, 1.807) is 0 Å². The fourth-order valence-electron chi connectivity index (χ4n) is 2.39. The van der Waals surface area contributed by atoms with Gasteiger partial charge in [0.25, 0.3) is 0 Å². The number of nitrogens with one attached hydrogen (secondary N) is 1. The predicted octanol–water partition coefficient (Wildman–Crippen LogP) is 1.49. The SMILES string of the molecule is Cl.c1ccc(Cn2cc(NCCN3CCOCC3)nn2)cc1. The van der Waals surface area contributed by atoms with E-state index in [1.165, 1.54) is 5.56 Å². The second-order valence-electron chi connectivity index (χ2n) is 5.17. The van der Waals surface area contributed by atoms with E-state index in [0.717, 1.165) is 51.8 Å². The van der Waals surface area contributed by atoms with Gasteiger partial charge in [-0.1, -0.05) is 35.5 Å². The van der Waals surface area contributed by atoms with Crippen LogP contribution in [0, 0.1) is 0 Å². The number of halogens is 1. The summed E-state index contributed by atoms with van der Waals surface area (Å²) < 4.78 is 7.19. The lowest BCUT2D eigenvalue weighted by molar-refractivity contribution is 0.0398. The first kappa shape index (κ1) is 16.7. The third-order valence-electron chi connectivity index (χ3n) is 3.56. The average molecular weight is 324 g/mol. The van der Waals surface area contributed by atoms with Crippen molar-refractivity contribution < 1.29 is 4.74 Å². The molecule has 22 heavy (non-hydrogen) atoms. The standard InChI is InChI=1S/C15H21N5O.ClH/c1-2-4-14(5-3-1)12-20-13-15(17-18-20)16-6-7-19-8-10-21-11-9-19;/h1-5,13,16H,6-12H2;1H. The van der Waals surface area contributed by atoms with Gasteiger partial charge in [-0.3, -0.25) is 4.90 Å². The zero-order valence-corrected chi connectivity index (χ0v) is 13.3. The summed E-state index contributed by atoms with van der Waals surface area (Å²) in [7, 11) is 0. The molecular formula is C15H22ClN5O. The molecule has 0 atom stereocenters. The summed E-state index contributed by atoms with van der Waals surface area (Å²) in [5, 5.41) is 11.6. The molecule has 0 amide bonds. The molecule has 0 radical (unpaired) electrons. The zero-order valence-electron chi connectivity index (χ0n) is 12.5. The molecular weight excluding hydrogens is 302 g/mol. The molecule has 1 aliphatic heterocycles. The first-order valence-electron chi connectivity index (χ1n) is 7.38. The maximum atomic E-state index is 5.34. The Balaban J connectivity index is 0.00000176. The largest absolute Gasteiger partial charge is 0.379 e. The monoisotopic (exact) mass is 323 g/mol. The van der Waals surface area contributed by atoms with Gasteiger partial charge in [0.2, 0.25) is 0 Å². The third-order valence-corrected chi connectivity index (χ3v) is 3.56. The van der Waals surface area contributed by atoms with Crippen molar-refractivity contribution in [3.8, 4) is 0 Å². The predicted molar refractivity (Wildman–Crippen MR) is 88.6 cm³/mol. The van der Waals surface area contributed by atoms with Crippen LogP contribution in [0.3, 0.4) is 0 Å². The van der Waals surface area contributed by atoms with Crippen LogP contribution in [0.15, 0.2) is 36.5 Å². The lowest BCUT2D eigenvalue weighted by atomic mass is 10.2. The van der Waals surface area contributed by atoms with Gasteiger partial charge in [-0.25, -0.2) is 4.68 Å². The molecule has 1 aromatic carbocycles. The van der Waals surface area contributed by atoms with E-state index in [1.807, 2.05) is 29.1 Å². The average Bonchev–Trinajstić information content (AvgIpc) is 2.97. The van der Waals surface area contributed by atoms with Gasteiger partial charge in [0.15, 0.2) is 5.82 Å². The lowest BCUT2D eigenvalue weighted by Crippen LogP contribution is -2.39. The molecule has 0 aliphatic carbocycles. The molecule has 2 aromatic rings. The summed E-state index contributed by atoms with van der Waals surface area (Å²) in [5.74, 6) is 0.833. The molecule has 0 bridgehead atoms. The van der Waals surface area contributed by atoms with E-state index in [2.05, 4.69) is 32.7 Å². The minimum Gasteiger partial charge on any atom is -0.379 e. The third kappa shape index (κ3) is 4.98. The molecule has 0 saturated carbocycles. The summed E-state index contributed by atoms with van der Waals surface area (Å²) in [4.78, 5) is 2.39. The maximum Gasteiger partial charge on any atom is 0.168 e. The van der Waals surface area contributed by atoms with Gasteiger partial charge in [-0.15, -0.1) is 17.5 Å². The fourth-order valence-corrected chi connectivity index (χ4v) is 2.39. The Morgan fingerprint density at radius 1 is 1.14 bits per heavy atom. The van der Waals surface area contributed by atoms with Crippen LogP contribution >= 0.6 is 12.4 Å². The van der Waals surface area contributed by atoms with E-state index in [4.69, 9.17) is 4.74 Å². The Morgan fingerprint density at radius 3 is 2.68 bits per heavy atom. The molecule has 120 valence electrons. The van der Waals surface area contributed by atoms with Gasteiger partial charge in [0, 0.05) is 26.2 Å². The minimum absolute atomic E-state index is 0. The lowest BCUT2D eigenvalue weighted by Gasteiger charge is -2.26. The van der Waals surface area contributed by atoms with Crippen LogP contribution in [0.1, 0.15) is 5.56 Å². The molecule has 7 heteroatoms. The number of nitrogens with zero attached hydrogens (tertiary/aromatic N) is 4. The first-order chi connectivity index (χ1) is 10.4. The van der Waals surface area contributed by atoms with Gasteiger partial charge in [-0.2, -0.15) is 0 Å². The smallest absolute Gasteiger partial charge is 0.168 e. The van der Waals surface area contributed by atoms with E-state index in [0.29, 0.717) is 0 Å². The number of benzene rings is 1. The highest BCUT2D eigenvalue weighted by Crippen LogP contribution is 2.05. The van der Waals surface area contributed by atoms with E-state index < -0.39 is 0 Å². The molecule has 1 saturated heterocycles. The van der Waals surface area contributed by atoms with Crippen LogP contribution in [0.5, 0.6) is 0 Å². The van der Waals surface area contributed by atoms with Crippen molar-refractivity contribution in [1.29, 1.82) is 0 Å². The number of hydrogen-bond donors (Lipinski definition) is 1. The Bertz CT molecular complexity index is 542. The number of rotatable bonds is 6. The summed E-state index contributed by atoms with van der Waals surface area (Å²) in [6.45, 7) is 6.35. The summed E-state index contributed by atoms with van der Waals surface area (Å²) in [5.41, 5.74) is 1.22. The zero-order chi connectivity index (χ0) is 14.3. The second-order valence-corrected chi connectivity index (χ2v) is 5.17. The van der Waals surface area contributed by atoms with Crippen molar-refractivity contribution >= 4 is 18.2 Å². The van der Waals surface area contributed by atoms with Crippen LogP contribution in [0.4, 0.5) is 5.82 Å². The Hall–Kier alpha value is -1.63. The Labute approximate surface area is 136 Å². The highest BCUT2D eigenvalue weighted by molar-refractivity contribution is 5.85. The van der Waals surface area contributed by atoms with Crippen LogP contribution in [-0.4, -0.2) is 59.3 Å². The minimum atomic E-state index is 0. The highest BCUT2D eigenvalue weighted by atomic mass is 35.5. The molecule has 1 aromatic heterocycles. The molecule has 1 fully saturated rings. The van der Waals surface area contributed by atoms with Crippen molar-refractivity contribution in [2.75, 3.05) is 44.7 Å². The molecule has 3 rings (SSSR count). The Morgan fingerprint density at radius 2 is 1.91 bits per heavy atom. The number of aromatic nitrogens is 3. The van der Waals surface area contributed by atoms with E-state index in [-0.39, 0.29) is 12.4 Å². The topological polar surface area (TPSA) is 55.2 Å². The molecule has 1 aliphatic rings. The van der Waals surface area contributed by atoms with Gasteiger partial charge >= 0.3 is 0 Å². The van der Waals surface area contributed by atoms with Crippen molar-refractivity contribution in [1.82, 2.24) is 19.9 Å². The number of ether oxygens (including phenoxy) is 1. The van der Waals surface area contributed by atoms with Crippen molar-refractivity contribution in [2.24, 2.45) is 0 Å². The van der Waals surface area contributed by atoms with Gasteiger partial charge < -0.3 is 10.1 Å². The number of morpholine rings is 1. The highest BCUT2D eigenvalue weighted by Gasteiger charge is 2.09. The van der Waals surface area contributed by atoms with Gasteiger partial charge in [-0.05, 0) is 5.56 Å². The van der Waals surface area contributed by atoms with Crippen LogP contribution in [0.25, 0.3) is 0 Å². The van der Waals surface area contributed by atoms with Gasteiger partial charge in [0.05, 0.1) is 26.0 Å². The summed E-state index contributed by atoms with van der Waals surface area (Å²) in [6.07, 6.45) is 1.95. The van der Waals surface area contributed by atoms with Crippen LogP contribution < -0.4 is 5.32 Å². The molecule has 0 spiro atoms. The summed E-state index contributed by atoms with van der Waals surface area (Å²) in [6, 6.07) is 10.3. The maximum absolute atomic E-state index is 5.34. The molecule has 1 N–H and O–H groups in total. The number of hydrogen-bond acceptors (Lipinski definition) is 5. The summed E-state index contributed by atoms with van der Waals surface area (Å²) >= 11 is 0. The normalized spacial score (nSPS) is 15.3. The molecule has 2 heterocycles.